The number of hydrogen-bond acceptors (Lipinski definition) is 3. The summed E-state index contributed by atoms with van der Waals surface area (Å²) in [7, 11) is 1.58. The topological polar surface area (TPSA) is 44.5 Å². The smallest absolute Gasteiger partial charge is 0.131 e. The summed E-state index contributed by atoms with van der Waals surface area (Å²) in [6.07, 6.45) is 0. The fraction of sp³-hybridized carbons (Fsp3) is 0.143. The number of benzene rings is 2. The molecular formula is C14H14FNO2. The van der Waals surface area contributed by atoms with Crippen molar-refractivity contribution in [1.29, 1.82) is 0 Å². The largest absolute Gasteiger partial charge is 0.496 e. The highest BCUT2D eigenvalue weighted by atomic mass is 19.1. The molecule has 0 unspecified atom stereocenters. The first-order chi connectivity index (χ1) is 8.72. The maximum Gasteiger partial charge on any atom is 0.131 e. The predicted molar refractivity (Wildman–Crippen MR) is 67.4 cm³/mol. The van der Waals surface area contributed by atoms with Crippen molar-refractivity contribution in [2.75, 3.05) is 7.11 Å². The Bertz CT molecular complexity index is 526. The molecule has 2 aromatic carbocycles. The van der Waals surface area contributed by atoms with Gasteiger partial charge in [-0.25, -0.2) is 4.39 Å². The molecule has 0 aliphatic carbocycles. The highest BCUT2D eigenvalue weighted by Gasteiger charge is 2.04. The highest BCUT2D eigenvalue weighted by molar-refractivity contribution is 5.42. The van der Waals surface area contributed by atoms with Gasteiger partial charge in [0, 0.05) is 18.2 Å². The van der Waals surface area contributed by atoms with E-state index in [1.165, 1.54) is 12.1 Å². The predicted octanol–water partition coefficient (Wildman–Crippen LogP) is 3.09. The van der Waals surface area contributed by atoms with Crippen LogP contribution >= 0.6 is 0 Å². The lowest BCUT2D eigenvalue weighted by Gasteiger charge is -2.10. The van der Waals surface area contributed by atoms with Crippen LogP contribution in [-0.4, -0.2) is 7.11 Å². The molecule has 0 radical (unpaired) electrons. The fourth-order valence-electron chi connectivity index (χ4n) is 1.60. The Hall–Kier alpha value is -2.07. The minimum absolute atomic E-state index is 0.293. The van der Waals surface area contributed by atoms with E-state index in [0.29, 0.717) is 23.8 Å². The van der Waals surface area contributed by atoms with E-state index in [2.05, 4.69) is 0 Å². The average Bonchev–Trinajstić information content (AvgIpc) is 2.41. The van der Waals surface area contributed by atoms with Crippen molar-refractivity contribution < 1.29 is 13.9 Å². The molecule has 0 bridgehead atoms. The van der Waals surface area contributed by atoms with E-state index in [-0.39, 0.29) is 5.82 Å². The van der Waals surface area contributed by atoms with Crippen molar-refractivity contribution in [2.24, 2.45) is 5.73 Å². The van der Waals surface area contributed by atoms with Crippen LogP contribution in [0.3, 0.4) is 0 Å². The molecule has 3 nitrogen and oxygen atoms in total. The first-order valence-corrected chi connectivity index (χ1v) is 5.53. The summed E-state index contributed by atoms with van der Waals surface area (Å²) >= 11 is 0. The molecule has 0 saturated carbocycles. The highest BCUT2D eigenvalue weighted by Crippen LogP contribution is 2.28. The zero-order valence-electron chi connectivity index (χ0n) is 10.0. The van der Waals surface area contributed by atoms with Crippen molar-refractivity contribution in [3.05, 3.63) is 53.8 Å². The van der Waals surface area contributed by atoms with Crippen LogP contribution < -0.4 is 15.2 Å². The summed E-state index contributed by atoms with van der Waals surface area (Å²) < 4.78 is 23.6. The molecule has 0 amide bonds. The third kappa shape index (κ3) is 2.78. The molecule has 0 fully saturated rings. The molecule has 2 rings (SSSR count). The summed E-state index contributed by atoms with van der Waals surface area (Å²) in [5.74, 6) is 1.57. The van der Waals surface area contributed by atoms with E-state index >= 15 is 0 Å². The average molecular weight is 247 g/mol. The Balaban J connectivity index is 2.21. The van der Waals surface area contributed by atoms with Crippen LogP contribution in [0.2, 0.25) is 0 Å². The standard InChI is InChI=1S/C14H14FNO2/c1-17-14-8-13(5-2-10(14)9-16)18-12-6-3-11(15)4-7-12/h2-8H,9,16H2,1H3. The maximum atomic E-state index is 12.8. The van der Waals surface area contributed by atoms with Gasteiger partial charge in [-0.2, -0.15) is 0 Å². The molecule has 0 aliphatic rings. The van der Waals surface area contributed by atoms with Gasteiger partial charge in [0.05, 0.1) is 7.11 Å². The summed E-state index contributed by atoms with van der Waals surface area (Å²) in [6, 6.07) is 11.2. The summed E-state index contributed by atoms with van der Waals surface area (Å²) in [6.45, 7) is 0.403. The molecule has 2 aromatic rings. The van der Waals surface area contributed by atoms with Gasteiger partial charge in [0.15, 0.2) is 0 Å². The number of rotatable bonds is 4. The SMILES string of the molecule is COc1cc(Oc2ccc(F)cc2)ccc1CN. The fourth-order valence-corrected chi connectivity index (χ4v) is 1.60. The summed E-state index contributed by atoms with van der Waals surface area (Å²) in [5, 5.41) is 0. The van der Waals surface area contributed by atoms with Crippen LogP contribution in [0.4, 0.5) is 4.39 Å². The Labute approximate surface area is 105 Å². The van der Waals surface area contributed by atoms with Gasteiger partial charge >= 0.3 is 0 Å². The van der Waals surface area contributed by atoms with Crippen molar-refractivity contribution in [1.82, 2.24) is 0 Å². The van der Waals surface area contributed by atoms with Crippen molar-refractivity contribution in [3.63, 3.8) is 0 Å². The van der Waals surface area contributed by atoms with Crippen molar-refractivity contribution in [2.45, 2.75) is 6.54 Å². The normalized spacial score (nSPS) is 10.2. The number of nitrogens with two attached hydrogens (primary N) is 1. The van der Waals surface area contributed by atoms with E-state index < -0.39 is 0 Å². The number of ether oxygens (including phenoxy) is 2. The molecule has 0 atom stereocenters. The van der Waals surface area contributed by atoms with E-state index in [1.807, 2.05) is 6.07 Å². The zero-order valence-corrected chi connectivity index (χ0v) is 10.0. The second-order valence-electron chi connectivity index (χ2n) is 3.73. The Morgan fingerprint density at radius 2 is 1.72 bits per heavy atom. The van der Waals surface area contributed by atoms with Crippen LogP contribution in [0, 0.1) is 5.82 Å². The molecule has 0 aromatic heterocycles. The van der Waals surface area contributed by atoms with Gasteiger partial charge in [0.2, 0.25) is 0 Å². The van der Waals surface area contributed by atoms with Gasteiger partial charge in [0.1, 0.15) is 23.1 Å². The van der Waals surface area contributed by atoms with Crippen LogP contribution in [0.15, 0.2) is 42.5 Å². The van der Waals surface area contributed by atoms with Gasteiger partial charge in [-0.05, 0) is 30.3 Å². The second kappa shape index (κ2) is 5.51. The lowest BCUT2D eigenvalue weighted by atomic mass is 10.2. The second-order valence-corrected chi connectivity index (χ2v) is 3.73. The van der Waals surface area contributed by atoms with E-state index in [1.54, 1.807) is 31.4 Å². The Morgan fingerprint density at radius 1 is 1.06 bits per heavy atom. The molecular weight excluding hydrogens is 233 g/mol. The minimum atomic E-state index is -0.293. The molecule has 4 heteroatoms. The van der Waals surface area contributed by atoms with Crippen LogP contribution in [0.1, 0.15) is 5.56 Å². The van der Waals surface area contributed by atoms with Crippen LogP contribution in [-0.2, 0) is 6.54 Å². The summed E-state index contributed by atoms with van der Waals surface area (Å²) in [4.78, 5) is 0. The number of hydrogen-bond donors (Lipinski definition) is 1. The molecule has 0 spiro atoms. The van der Waals surface area contributed by atoms with Gasteiger partial charge in [-0.1, -0.05) is 6.07 Å². The lowest BCUT2D eigenvalue weighted by Crippen LogP contribution is -1.99. The lowest BCUT2D eigenvalue weighted by molar-refractivity contribution is 0.404. The Morgan fingerprint density at radius 3 is 2.33 bits per heavy atom. The molecule has 94 valence electrons. The van der Waals surface area contributed by atoms with Crippen LogP contribution in [0.25, 0.3) is 0 Å². The number of methoxy groups -OCH3 is 1. The van der Waals surface area contributed by atoms with E-state index in [9.17, 15) is 4.39 Å². The molecule has 18 heavy (non-hydrogen) atoms. The van der Waals surface area contributed by atoms with Gasteiger partial charge < -0.3 is 15.2 Å². The van der Waals surface area contributed by atoms with Gasteiger partial charge in [-0.3, -0.25) is 0 Å². The maximum absolute atomic E-state index is 12.8. The minimum Gasteiger partial charge on any atom is -0.496 e. The first-order valence-electron chi connectivity index (χ1n) is 5.53. The monoisotopic (exact) mass is 247 g/mol. The third-order valence-corrected chi connectivity index (χ3v) is 2.53. The first kappa shape index (κ1) is 12.4. The molecule has 0 heterocycles. The molecule has 0 aliphatic heterocycles. The van der Waals surface area contributed by atoms with E-state index in [4.69, 9.17) is 15.2 Å². The van der Waals surface area contributed by atoms with E-state index in [0.717, 1.165) is 5.56 Å². The molecule has 2 N–H and O–H groups in total. The quantitative estimate of drug-likeness (QED) is 0.903. The van der Waals surface area contributed by atoms with Crippen molar-refractivity contribution >= 4 is 0 Å². The number of halogens is 1. The third-order valence-electron chi connectivity index (χ3n) is 2.53. The zero-order chi connectivity index (χ0) is 13.0. The van der Waals surface area contributed by atoms with Gasteiger partial charge in [0.25, 0.3) is 0 Å². The summed E-state index contributed by atoms with van der Waals surface area (Å²) in [5.41, 5.74) is 6.49. The molecule has 0 saturated heterocycles. The van der Waals surface area contributed by atoms with Gasteiger partial charge in [-0.15, -0.1) is 0 Å². The van der Waals surface area contributed by atoms with Crippen molar-refractivity contribution in [3.8, 4) is 17.2 Å². The Kier molecular flexibility index (Phi) is 3.79. The van der Waals surface area contributed by atoms with Crippen LogP contribution in [0.5, 0.6) is 17.2 Å².